The number of nitrogens with zero attached hydrogens (tertiary/aromatic N) is 2. The molecule has 29 heavy (non-hydrogen) atoms. The summed E-state index contributed by atoms with van der Waals surface area (Å²) >= 11 is 0. The molecular formula is C19H29F4IN4O. The Morgan fingerprint density at radius 3 is 2.72 bits per heavy atom. The van der Waals surface area contributed by atoms with Crippen molar-refractivity contribution < 1.29 is 22.3 Å². The summed E-state index contributed by atoms with van der Waals surface area (Å²) in [4.78, 5) is 6.60. The maximum Gasteiger partial charge on any atom is 0.416 e. The van der Waals surface area contributed by atoms with Crippen LogP contribution in [0.4, 0.5) is 17.6 Å². The summed E-state index contributed by atoms with van der Waals surface area (Å²) in [7, 11) is 1.67. The lowest BCUT2D eigenvalue weighted by molar-refractivity contribution is -0.138. The second-order valence-corrected chi connectivity index (χ2v) is 6.70. The Kier molecular flexibility index (Phi) is 11.2. The van der Waals surface area contributed by atoms with Gasteiger partial charge in [0.05, 0.1) is 18.7 Å². The summed E-state index contributed by atoms with van der Waals surface area (Å²) in [5, 5.41) is 6.25. The van der Waals surface area contributed by atoms with Crippen molar-refractivity contribution in [2.45, 2.75) is 38.5 Å². The molecule has 0 radical (unpaired) electrons. The molecule has 166 valence electrons. The molecule has 1 aromatic carbocycles. The first-order valence-corrected chi connectivity index (χ1v) is 9.46. The van der Waals surface area contributed by atoms with Crippen LogP contribution >= 0.6 is 24.0 Å². The van der Waals surface area contributed by atoms with Gasteiger partial charge in [-0.3, -0.25) is 4.90 Å². The smallest absolute Gasteiger partial charge is 0.383 e. The molecule has 1 heterocycles. The quantitative estimate of drug-likeness (QED) is 0.233. The van der Waals surface area contributed by atoms with Crippen LogP contribution in [0.1, 0.15) is 30.9 Å². The van der Waals surface area contributed by atoms with Gasteiger partial charge in [0.25, 0.3) is 0 Å². The van der Waals surface area contributed by atoms with Crippen molar-refractivity contribution in [3.8, 4) is 0 Å². The van der Waals surface area contributed by atoms with E-state index in [1.165, 1.54) is 0 Å². The van der Waals surface area contributed by atoms with Gasteiger partial charge in [-0.25, -0.2) is 9.38 Å². The number of benzene rings is 1. The van der Waals surface area contributed by atoms with Crippen molar-refractivity contribution in [2.75, 3.05) is 39.9 Å². The molecule has 1 unspecified atom stereocenters. The van der Waals surface area contributed by atoms with E-state index < -0.39 is 17.6 Å². The summed E-state index contributed by atoms with van der Waals surface area (Å²) in [6.45, 7) is 5.44. The SMILES string of the molecule is CCNC(=NCc1ccc(F)cc1C(F)(F)F)NCC1CCCN1CCOC.I. The Hall–Kier alpha value is -1.14. The minimum atomic E-state index is -4.62. The van der Waals surface area contributed by atoms with Crippen molar-refractivity contribution in [3.63, 3.8) is 0 Å². The van der Waals surface area contributed by atoms with Crippen LogP contribution in [0.25, 0.3) is 0 Å². The zero-order valence-electron chi connectivity index (χ0n) is 16.7. The Morgan fingerprint density at radius 1 is 1.31 bits per heavy atom. The normalized spacial score (nSPS) is 17.9. The van der Waals surface area contributed by atoms with Gasteiger partial charge < -0.3 is 15.4 Å². The first-order chi connectivity index (χ1) is 13.3. The molecule has 0 saturated carbocycles. The van der Waals surface area contributed by atoms with E-state index in [-0.39, 0.29) is 36.1 Å². The fraction of sp³-hybridized carbons (Fsp3) is 0.632. The van der Waals surface area contributed by atoms with E-state index in [1.54, 1.807) is 7.11 Å². The molecule has 1 aromatic rings. The fourth-order valence-corrected chi connectivity index (χ4v) is 3.30. The second kappa shape index (κ2) is 12.5. The highest BCUT2D eigenvalue weighted by Gasteiger charge is 2.33. The van der Waals surface area contributed by atoms with E-state index in [0.717, 1.165) is 38.1 Å². The molecular weight excluding hydrogens is 503 g/mol. The van der Waals surface area contributed by atoms with Gasteiger partial charge >= 0.3 is 6.18 Å². The van der Waals surface area contributed by atoms with Gasteiger partial charge in [0.15, 0.2) is 5.96 Å². The zero-order valence-corrected chi connectivity index (χ0v) is 19.0. The van der Waals surface area contributed by atoms with Crippen molar-refractivity contribution >= 4 is 29.9 Å². The van der Waals surface area contributed by atoms with E-state index in [1.807, 2.05) is 6.92 Å². The van der Waals surface area contributed by atoms with Crippen molar-refractivity contribution in [1.29, 1.82) is 0 Å². The van der Waals surface area contributed by atoms with Gasteiger partial charge in [-0.05, 0) is 44.0 Å². The average Bonchev–Trinajstić information content (AvgIpc) is 3.09. The van der Waals surface area contributed by atoms with Crippen LogP contribution in [0.15, 0.2) is 23.2 Å². The molecule has 1 aliphatic rings. The lowest BCUT2D eigenvalue weighted by Gasteiger charge is -2.25. The number of aliphatic imine (C=N–C) groups is 1. The highest BCUT2D eigenvalue weighted by Crippen LogP contribution is 2.32. The number of guanidine groups is 1. The molecule has 1 saturated heterocycles. The average molecular weight is 532 g/mol. The number of ether oxygens (including phenoxy) is 1. The summed E-state index contributed by atoms with van der Waals surface area (Å²) in [6.07, 6.45) is -2.47. The number of nitrogens with one attached hydrogen (secondary N) is 2. The van der Waals surface area contributed by atoms with Gasteiger partial charge in [0.1, 0.15) is 5.82 Å². The zero-order chi connectivity index (χ0) is 20.6. The number of likely N-dealkylation sites (tertiary alicyclic amines) is 1. The van der Waals surface area contributed by atoms with Crippen molar-refractivity contribution in [1.82, 2.24) is 15.5 Å². The maximum atomic E-state index is 13.2. The molecule has 5 nitrogen and oxygen atoms in total. The van der Waals surface area contributed by atoms with Crippen molar-refractivity contribution in [3.05, 3.63) is 35.1 Å². The van der Waals surface area contributed by atoms with Gasteiger partial charge in [0.2, 0.25) is 0 Å². The Labute approximate surface area is 186 Å². The van der Waals surface area contributed by atoms with Gasteiger partial charge in [0, 0.05) is 32.8 Å². The lowest BCUT2D eigenvalue weighted by Crippen LogP contribution is -2.45. The van der Waals surface area contributed by atoms with E-state index in [0.29, 0.717) is 37.8 Å². The number of alkyl halides is 3. The summed E-state index contributed by atoms with van der Waals surface area (Å²) in [6, 6.07) is 2.99. The summed E-state index contributed by atoms with van der Waals surface area (Å²) in [5.74, 6) is -0.471. The van der Waals surface area contributed by atoms with Gasteiger partial charge in [-0.15, -0.1) is 24.0 Å². The number of halogens is 5. The maximum absolute atomic E-state index is 13.2. The second-order valence-electron chi connectivity index (χ2n) is 6.70. The monoisotopic (exact) mass is 532 g/mol. The molecule has 1 fully saturated rings. The first-order valence-electron chi connectivity index (χ1n) is 9.46. The molecule has 0 spiro atoms. The van der Waals surface area contributed by atoms with Crippen LogP contribution < -0.4 is 10.6 Å². The van der Waals surface area contributed by atoms with Crippen LogP contribution in [0.3, 0.4) is 0 Å². The predicted molar refractivity (Wildman–Crippen MR) is 116 cm³/mol. The molecule has 1 atom stereocenters. The topological polar surface area (TPSA) is 48.9 Å². The molecule has 10 heteroatoms. The van der Waals surface area contributed by atoms with Crippen LogP contribution in [-0.2, 0) is 17.5 Å². The molecule has 0 aliphatic carbocycles. The third kappa shape index (κ3) is 8.25. The number of rotatable bonds is 8. The van der Waals surface area contributed by atoms with Crippen LogP contribution in [0, 0.1) is 5.82 Å². The van der Waals surface area contributed by atoms with Crippen LogP contribution in [-0.4, -0.2) is 56.8 Å². The lowest BCUT2D eigenvalue weighted by atomic mass is 10.1. The first kappa shape index (κ1) is 25.9. The molecule has 0 amide bonds. The highest BCUT2D eigenvalue weighted by molar-refractivity contribution is 14.0. The van der Waals surface area contributed by atoms with E-state index in [2.05, 4.69) is 20.5 Å². The standard InChI is InChI=1S/C19H28F4N4O.HI/c1-3-24-18(26-13-16-5-4-8-27(16)9-10-28-2)25-12-14-6-7-15(20)11-17(14)19(21,22)23;/h6-7,11,16H,3-5,8-10,12-13H2,1-2H3,(H2,24,25,26);1H. The van der Waals surface area contributed by atoms with Crippen LogP contribution in [0.2, 0.25) is 0 Å². The van der Waals surface area contributed by atoms with E-state index in [4.69, 9.17) is 4.74 Å². The minimum absolute atomic E-state index is 0. The summed E-state index contributed by atoms with van der Waals surface area (Å²) < 4.78 is 57.8. The molecule has 1 aliphatic heterocycles. The Balaban J connectivity index is 0.00000420. The molecule has 0 bridgehead atoms. The van der Waals surface area contributed by atoms with Gasteiger partial charge in [-0.2, -0.15) is 13.2 Å². The molecule has 2 N–H and O–H groups in total. The van der Waals surface area contributed by atoms with Crippen LogP contribution in [0.5, 0.6) is 0 Å². The third-order valence-corrected chi connectivity index (χ3v) is 4.72. The van der Waals surface area contributed by atoms with E-state index >= 15 is 0 Å². The van der Waals surface area contributed by atoms with Gasteiger partial charge in [-0.1, -0.05) is 6.07 Å². The molecule has 2 rings (SSSR count). The highest BCUT2D eigenvalue weighted by atomic mass is 127. The Morgan fingerprint density at radius 2 is 2.07 bits per heavy atom. The van der Waals surface area contributed by atoms with E-state index in [9.17, 15) is 17.6 Å². The Bertz CT molecular complexity index is 658. The molecule has 0 aromatic heterocycles. The predicted octanol–water partition coefficient (Wildman–Crippen LogP) is 3.63. The van der Waals surface area contributed by atoms with Crippen molar-refractivity contribution in [2.24, 2.45) is 4.99 Å². The minimum Gasteiger partial charge on any atom is -0.383 e. The number of hydrogen-bond donors (Lipinski definition) is 2. The number of hydrogen-bond acceptors (Lipinski definition) is 3. The third-order valence-electron chi connectivity index (χ3n) is 4.72. The summed E-state index contributed by atoms with van der Waals surface area (Å²) in [5.41, 5.74) is -1.05. The largest absolute Gasteiger partial charge is 0.416 e. The number of methoxy groups -OCH3 is 1. The fourth-order valence-electron chi connectivity index (χ4n) is 3.30.